The second-order valence-electron chi connectivity index (χ2n) is 14.9. The molecule has 3 aliphatic carbocycles. The zero-order valence-corrected chi connectivity index (χ0v) is 30.7. The lowest BCUT2D eigenvalue weighted by Crippen LogP contribution is -2.43. The largest absolute Gasteiger partial charge is 0.317 e. The van der Waals surface area contributed by atoms with Crippen LogP contribution in [0.4, 0.5) is 0 Å². The molecule has 11 rings (SSSR count). The van der Waals surface area contributed by atoms with Crippen molar-refractivity contribution < 1.29 is 0 Å². The van der Waals surface area contributed by atoms with Gasteiger partial charge in [-0.1, -0.05) is 151 Å². The maximum atomic E-state index is 2.64. The van der Waals surface area contributed by atoms with Crippen molar-refractivity contribution in [2.45, 2.75) is 64.5 Å². The van der Waals surface area contributed by atoms with Gasteiger partial charge in [-0.05, 0) is 112 Å². The Morgan fingerprint density at radius 3 is 2.37 bits per heavy atom. The SMILES string of the molecule is C1=CCC2C(=C1)Sc1ccccc1C21c2ccc(-c3ccccc3)cc2Sc2c(C3CCCc4c3c3c(n4-c4ccccc4)CCC=C3)cccc21. The Kier molecular flexibility index (Phi) is 7.24. The Bertz CT molecular complexity index is 2480. The predicted molar refractivity (Wildman–Crippen MR) is 218 cm³/mol. The molecule has 0 saturated heterocycles. The fourth-order valence-electron chi connectivity index (χ4n) is 10.2. The minimum absolute atomic E-state index is 0.285. The highest BCUT2D eigenvalue weighted by atomic mass is 32.2. The zero-order valence-electron chi connectivity index (χ0n) is 29.1. The number of hydrogen-bond donors (Lipinski definition) is 0. The van der Waals surface area contributed by atoms with Crippen LogP contribution in [0.5, 0.6) is 0 Å². The maximum Gasteiger partial charge on any atom is 0.0561 e. The molecule has 5 aromatic carbocycles. The Morgan fingerprint density at radius 1 is 0.654 bits per heavy atom. The van der Waals surface area contributed by atoms with Gasteiger partial charge < -0.3 is 4.57 Å². The van der Waals surface area contributed by atoms with Crippen molar-refractivity contribution in [1.29, 1.82) is 0 Å². The summed E-state index contributed by atoms with van der Waals surface area (Å²) >= 11 is 4.03. The molecule has 3 heterocycles. The second-order valence-corrected chi connectivity index (χ2v) is 17.0. The first-order chi connectivity index (χ1) is 25.8. The van der Waals surface area contributed by atoms with Gasteiger partial charge in [0, 0.05) is 43.6 Å². The van der Waals surface area contributed by atoms with E-state index >= 15 is 0 Å². The van der Waals surface area contributed by atoms with Crippen LogP contribution in [0.15, 0.2) is 165 Å². The Labute approximate surface area is 315 Å². The zero-order chi connectivity index (χ0) is 34.2. The van der Waals surface area contributed by atoms with E-state index in [-0.39, 0.29) is 5.41 Å². The van der Waals surface area contributed by atoms with Gasteiger partial charge in [-0.3, -0.25) is 0 Å². The average Bonchev–Trinajstić information content (AvgIpc) is 3.56. The van der Waals surface area contributed by atoms with Gasteiger partial charge in [0.15, 0.2) is 0 Å². The van der Waals surface area contributed by atoms with Gasteiger partial charge in [-0.15, -0.1) is 0 Å². The van der Waals surface area contributed by atoms with Crippen LogP contribution >= 0.6 is 23.5 Å². The van der Waals surface area contributed by atoms with Gasteiger partial charge in [0.25, 0.3) is 0 Å². The molecule has 0 bridgehead atoms. The molecule has 3 unspecified atom stereocenters. The summed E-state index contributed by atoms with van der Waals surface area (Å²) in [6.45, 7) is 0. The fraction of sp³-hybridized carbons (Fsp3) is 0.184. The molecule has 0 N–H and O–H groups in total. The van der Waals surface area contributed by atoms with Crippen LogP contribution in [0.25, 0.3) is 22.9 Å². The molecular weight excluding hydrogens is 667 g/mol. The van der Waals surface area contributed by atoms with Crippen LogP contribution in [-0.2, 0) is 18.3 Å². The number of thioether (sulfide) groups is 1. The molecule has 0 radical (unpaired) electrons. The number of allylic oxidation sites excluding steroid dienone is 5. The van der Waals surface area contributed by atoms with E-state index in [2.05, 4.69) is 156 Å². The van der Waals surface area contributed by atoms with E-state index < -0.39 is 0 Å². The quantitative estimate of drug-likeness (QED) is 0.181. The summed E-state index contributed by atoms with van der Waals surface area (Å²) in [7, 11) is 0. The Balaban J connectivity index is 1.19. The monoisotopic (exact) mass is 705 g/mol. The van der Waals surface area contributed by atoms with E-state index in [0.29, 0.717) is 11.8 Å². The minimum Gasteiger partial charge on any atom is -0.317 e. The number of nitrogens with zero attached hydrogens (tertiary/aromatic N) is 1. The molecule has 0 amide bonds. The van der Waals surface area contributed by atoms with Gasteiger partial charge in [0.05, 0.1) is 5.41 Å². The van der Waals surface area contributed by atoms with Crippen LogP contribution in [0.3, 0.4) is 0 Å². The number of benzene rings is 5. The third-order valence-electron chi connectivity index (χ3n) is 12.3. The predicted octanol–water partition coefficient (Wildman–Crippen LogP) is 12.9. The van der Waals surface area contributed by atoms with E-state index in [1.807, 2.05) is 23.5 Å². The van der Waals surface area contributed by atoms with E-state index in [0.717, 1.165) is 25.7 Å². The lowest BCUT2D eigenvalue weighted by molar-refractivity contribution is 0.414. The summed E-state index contributed by atoms with van der Waals surface area (Å²) in [6.07, 6.45) is 18.7. The highest BCUT2D eigenvalue weighted by molar-refractivity contribution is 8.03. The maximum absolute atomic E-state index is 2.64. The van der Waals surface area contributed by atoms with Crippen molar-refractivity contribution in [3.05, 3.63) is 195 Å². The number of rotatable bonds is 3. The summed E-state index contributed by atoms with van der Waals surface area (Å²) in [5.41, 5.74) is 15.6. The number of para-hydroxylation sites is 1. The van der Waals surface area contributed by atoms with Gasteiger partial charge >= 0.3 is 0 Å². The molecule has 5 aliphatic rings. The Hall–Kier alpha value is -4.70. The molecular formula is C49H39NS2. The van der Waals surface area contributed by atoms with Crippen LogP contribution in [0, 0.1) is 5.92 Å². The van der Waals surface area contributed by atoms with Crippen molar-refractivity contribution in [2.75, 3.05) is 0 Å². The molecule has 3 atom stereocenters. The molecule has 1 spiro atoms. The van der Waals surface area contributed by atoms with Gasteiger partial charge in [-0.2, -0.15) is 0 Å². The van der Waals surface area contributed by atoms with Crippen LogP contribution in [0.1, 0.15) is 76.4 Å². The van der Waals surface area contributed by atoms with E-state index in [4.69, 9.17) is 0 Å². The number of aromatic nitrogens is 1. The molecule has 2 aliphatic heterocycles. The molecule has 3 heteroatoms. The number of hydrogen-bond acceptors (Lipinski definition) is 2. The highest BCUT2D eigenvalue weighted by Crippen LogP contribution is 2.65. The summed E-state index contributed by atoms with van der Waals surface area (Å²) in [6, 6.07) is 46.2. The summed E-state index contributed by atoms with van der Waals surface area (Å²) in [5.74, 6) is 0.684. The standard InChI is InChI=1S/C49H39NS2/c1-3-15-32(16-4-1)33-29-30-40-46(31-33)52-48-36(21-13-24-41(48)49(40)38-22-8-11-27-44(38)51-45-28-12-9-23-39(45)49)35-20-14-26-43-47(35)37-19-7-10-25-42(37)50(43)34-17-5-2-6-18-34/h1-9,11-13,15-19,21-22,24,27-31,35,39H,10,14,20,23,25-26H2. The van der Waals surface area contributed by atoms with Crippen molar-refractivity contribution in [3.63, 3.8) is 0 Å². The average molecular weight is 706 g/mol. The third-order valence-corrected chi connectivity index (χ3v) is 14.7. The lowest BCUT2D eigenvalue weighted by atomic mass is 9.59. The van der Waals surface area contributed by atoms with Crippen LogP contribution in [0.2, 0.25) is 0 Å². The minimum atomic E-state index is -0.285. The first-order valence-electron chi connectivity index (χ1n) is 18.9. The molecule has 0 fully saturated rings. The molecule has 1 aromatic heterocycles. The van der Waals surface area contributed by atoms with Crippen LogP contribution in [-0.4, -0.2) is 4.57 Å². The van der Waals surface area contributed by atoms with Gasteiger partial charge in [-0.25, -0.2) is 0 Å². The second kappa shape index (κ2) is 12.2. The van der Waals surface area contributed by atoms with E-state index in [1.54, 1.807) is 5.56 Å². The van der Waals surface area contributed by atoms with Gasteiger partial charge in [0.2, 0.25) is 0 Å². The lowest BCUT2D eigenvalue weighted by Gasteiger charge is -2.51. The first kappa shape index (κ1) is 30.9. The third kappa shape index (κ3) is 4.45. The number of fused-ring (bicyclic) bond motifs is 11. The van der Waals surface area contributed by atoms with E-state index in [1.165, 1.54) is 88.5 Å². The van der Waals surface area contributed by atoms with Crippen molar-refractivity contribution >= 4 is 29.6 Å². The first-order valence-corrected chi connectivity index (χ1v) is 20.6. The topological polar surface area (TPSA) is 4.93 Å². The fourth-order valence-corrected chi connectivity index (χ4v) is 13.0. The highest BCUT2D eigenvalue weighted by Gasteiger charge is 2.53. The van der Waals surface area contributed by atoms with Crippen LogP contribution < -0.4 is 0 Å². The van der Waals surface area contributed by atoms with Crippen molar-refractivity contribution in [2.24, 2.45) is 5.92 Å². The Morgan fingerprint density at radius 2 is 1.46 bits per heavy atom. The summed E-state index contributed by atoms with van der Waals surface area (Å²) < 4.78 is 2.64. The van der Waals surface area contributed by atoms with E-state index in [9.17, 15) is 0 Å². The summed E-state index contributed by atoms with van der Waals surface area (Å²) in [5, 5.41) is 0. The smallest absolute Gasteiger partial charge is 0.0561 e. The molecule has 1 nitrogen and oxygen atoms in total. The molecule has 6 aromatic rings. The normalized spacial score (nSPS) is 22.0. The molecule has 252 valence electrons. The molecule has 0 saturated carbocycles. The molecule has 52 heavy (non-hydrogen) atoms. The van der Waals surface area contributed by atoms with Crippen molar-refractivity contribution in [3.8, 4) is 16.8 Å². The summed E-state index contributed by atoms with van der Waals surface area (Å²) in [4.78, 5) is 5.76. The van der Waals surface area contributed by atoms with Crippen molar-refractivity contribution in [1.82, 2.24) is 4.57 Å². The van der Waals surface area contributed by atoms with Gasteiger partial charge in [0.1, 0.15) is 0 Å².